The minimum atomic E-state index is -0.827. The van der Waals surface area contributed by atoms with Crippen LogP contribution in [0.15, 0.2) is 0 Å². The lowest BCUT2D eigenvalue weighted by molar-refractivity contribution is -0.139. The van der Waals surface area contributed by atoms with Gasteiger partial charge in [-0.2, -0.15) is 0 Å². The lowest BCUT2D eigenvalue weighted by atomic mass is 9.84. The molecule has 14 heavy (non-hydrogen) atoms. The Morgan fingerprint density at radius 3 is 2.71 bits per heavy atom. The van der Waals surface area contributed by atoms with Gasteiger partial charge in [0.15, 0.2) is 0 Å². The van der Waals surface area contributed by atoms with Crippen molar-refractivity contribution in [2.45, 2.75) is 44.7 Å². The third kappa shape index (κ3) is 2.96. The highest BCUT2D eigenvalue weighted by molar-refractivity contribution is 5.72. The van der Waals surface area contributed by atoms with Crippen LogP contribution in [0, 0.1) is 5.92 Å². The minimum Gasteiger partial charge on any atom is -0.480 e. The third-order valence-corrected chi connectivity index (χ3v) is 2.98. The lowest BCUT2D eigenvalue weighted by Gasteiger charge is -2.32. The van der Waals surface area contributed by atoms with Crippen molar-refractivity contribution < 1.29 is 15.0 Å². The molecule has 0 aromatic rings. The van der Waals surface area contributed by atoms with Crippen LogP contribution in [0.5, 0.6) is 0 Å². The second kappa shape index (κ2) is 5.32. The summed E-state index contributed by atoms with van der Waals surface area (Å²) in [7, 11) is 0. The average Bonchev–Trinajstić information content (AvgIpc) is 2.18. The minimum absolute atomic E-state index is 0.157. The molecule has 4 heteroatoms. The Morgan fingerprint density at radius 1 is 1.50 bits per heavy atom. The van der Waals surface area contributed by atoms with Crippen LogP contribution in [-0.4, -0.2) is 34.9 Å². The van der Waals surface area contributed by atoms with E-state index in [4.69, 9.17) is 10.2 Å². The smallest absolute Gasteiger partial charge is 0.320 e. The van der Waals surface area contributed by atoms with Gasteiger partial charge in [0.1, 0.15) is 6.04 Å². The van der Waals surface area contributed by atoms with Gasteiger partial charge in [-0.05, 0) is 25.7 Å². The molecule has 3 unspecified atom stereocenters. The predicted molar refractivity (Wildman–Crippen MR) is 53.1 cm³/mol. The van der Waals surface area contributed by atoms with Crippen molar-refractivity contribution in [3.8, 4) is 0 Å². The van der Waals surface area contributed by atoms with Crippen LogP contribution in [0.25, 0.3) is 0 Å². The standard InChI is InChI=1S/C10H19NO3/c1-7(10(13)14)11-9-5-3-2-4-8(9)6-12/h7-9,11-12H,2-6H2,1H3,(H,13,14). The molecule has 0 aliphatic heterocycles. The Bertz CT molecular complexity index is 196. The van der Waals surface area contributed by atoms with Gasteiger partial charge in [0.2, 0.25) is 0 Å². The van der Waals surface area contributed by atoms with Crippen LogP contribution >= 0.6 is 0 Å². The van der Waals surface area contributed by atoms with E-state index in [9.17, 15) is 4.79 Å². The highest BCUT2D eigenvalue weighted by Gasteiger charge is 2.26. The molecule has 0 bridgehead atoms. The van der Waals surface area contributed by atoms with Crippen molar-refractivity contribution in [2.24, 2.45) is 5.92 Å². The summed E-state index contributed by atoms with van der Waals surface area (Å²) in [5.41, 5.74) is 0. The Morgan fingerprint density at radius 2 is 2.14 bits per heavy atom. The number of aliphatic carboxylic acids is 1. The topological polar surface area (TPSA) is 69.6 Å². The summed E-state index contributed by atoms with van der Waals surface area (Å²) in [5, 5.41) is 20.9. The van der Waals surface area contributed by atoms with E-state index in [2.05, 4.69) is 5.32 Å². The Hall–Kier alpha value is -0.610. The van der Waals surface area contributed by atoms with E-state index in [1.54, 1.807) is 6.92 Å². The van der Waals surface area contributed by atoms with Crippen LogP contribution in [0.2, 0.25) is 0 Å². The molecule has 0 heterocycles. The number of hydrogen-bond donors (Lipinski definition) is 3. The summed E-state index contributed by atoms with van der Waals surface area (Å²) < 4.78 is 0. The molecule has 0 radical (unpaired) electrons. The van der Waals surface area contributed by atoms with Crippen molar-refractivity contribution in [1.82, 2.24) is 5.32 Å². The van der Waals surface area contributed by atoms with Crippen molar-refractivity contribution >= 4 is 5.97 Å². The highest BCUT2D eigenvalue weighted by Crippen LogP contribution is 2.24. The van der Waals surface area contributed by atoms with Crippen LogP contribution in [0.4, 0.5) is 0 Å². The van der Waals surface area contributed by atoms with E-state index in [0.717, 1.165) is 25.7 Å². The van der Waals surface area contributed by atoms with Crippen LogP contribution < -0.4 is 5.32 Å². The van der Waals surface area contributed by atoms with Gasteiger partial charge in [-0.15, -0.1) is 0 Å². The van der Waals surface area contributed by atoms with E-state index in [1.165, 1.54) is 0 Å². The number of carbonyl (C=O) groups is 1. The first kappa shape index (κ1) is 11.5. The number of hydrogen-bond acceptors (Lipinski definition) is 3. The van der Waals surface area contributed by atoms with Gasteiger partial charge in [0.05, 0.1) is 0 Å². The monoisotopic (exact) mass is 201 g/mol. The second-order valence-electron chi connectivity index (χ2n) is 4.06. The maximum absolute atomic E-state index is 10.6. The van der Waals surface area contributed by atoms with Crippen molar-refractivity contribution in [2.75, 3.05) is 6.61 Å². The van der Waals surface area contributed by atoms with Crippen molar-refractivity contribution in [1.29, 1.82) is 0 Å². The first-order valence-corrected chi connectivity index (χ1v) is 5.25. The molecular weight excluding hydrogens is 182 g/mol. The molecule has 0 aromatic carbocycles. The van der Waals surface area contributed by atoms with E-state index in [0.29, 0.717) is 0 Å². The number of aliphatic hydroxyl groups is 1. The first-order chi connectivity index (χ1) is 6.65. The number of rotatable bonds is 4. The summed E-state index contributed by atoms with van der Waals surface area (Å²) in [6.45, 7) is 1.80. The van der Waals surface area contributed by atoms with Crippen molar-refractivity contribution in [3.63, 3.8) is 0 Å². The molecule has 3 N–H and O–H groups in total. The Kier molecular flexibility index (Phi) is 4.35. The van der Waals surface area contributed by atoms with Gasteiger partial charge >= 0.3 is 5.97 Å². The van der Waals surface area contributed by atoms with Gasteiger partial charge in [-0.25, -0.2) is 0 Å². The highest BCUT2D eigenvalue weighted by atomic mass is 16.4. The van der Waals surface area contributed by atoms with Crippen LogP contribution in [0.1, 0.15) is 32.6 Å². The molecule has 1 saturated carbocycles. The van der Waals surface area contributed by atoms with E-state index in [1.807, 2.05) is 0 Å². The molecule has 0 amide bonds. The summed E-state index contributed by atoms with van der Waals surface area (Å²) in [5.74, 6) is -0.599. The quantitative estimate of drug-likeness (QED) is 0.623. The zero-order chi connectivity index (χ0) is 10.6. The zero-order valence-electron chi connectivity index (χ0n) is 8.57. The van der Waals surface area contributed by atoms with Gasteiger partial charge in [-0.1, -0.05) is 12.8 Å². The molecule has 0 spiro atoms. The largest absolute Gasteiger partial charge is 0.480 e. The molecule has 0 saturated heterocycles. The normalized spacial score (nSPS) is 29.9. The maximum Gasteiger partial charge on any atom is 0.320 e. The van der Waals surface area contributed by atoms with Gasteiger partial charge in [-0.3, -0.25) is 4.79 Å². The van der Waals surface area contributed by atoms with Gasteiger partial charge < -0.3 is 15.5 Å². The van der Waals surface area contributed by atoms with Crippen LogP contribution in [-0.2, 0) is 4.79 Å². The predicted octanol–water partition coefficient (Wildman–Crippen LogP) is 0.600. The zero-order valence-corrected chi connectivity index (χ0v) is 8.57. The van der Waals surface area contributed by atoms with E-state index < -0.39 is 12.0 Å². The fraction of sp³-hybridized carbons (Fsp3) is 0.900. The molecular formula is C10H19NO3. The maximum atomic E-state index is 10.6. The number of carboxylic acids is 1. The molecule has 1 aliphatic carbocycles. The third-order valence-electron chi connectivity index (χ3n) is 2.98. The summed E-state index contributed by atoms with van der Waals surface area (Å²) in [4.78, 5) is 10.6. The molecule has 1 aliphatic rings. The number of carboxylic acid groups (broad SMARTS) is 1. The van der Waals surface area contributed by atoms with Gasteiger partial charge in [0, 0.05) is 12.6 Å². The molecule has 82 valence electrons. The molecule has 0 aromatic heterocycles. The second-order valence-corrected chi connectivity index (χ2v) is 4.06. The average molecular weight is 201 g/mol. The Labute approximate surface area is 84.3 Å². The first-order valence-electron chi connectivity index (χ1n) is 5.25. The van der Waals surface area contributed by atoms with Crippen LogP contribution in [0.3, 0.4) is 0 Å². The summed E-state index contributed by atoms with van der Waals surface area (Å²) in [6, 6.07) is -0.355. The molecule has 3 atom stereocenters. The van der Waals surface area contributed by atoms with E-state index in [-0.39, 0.29) is 18.6 Å². The summed E-state index contributed by atoms with van der Waals surface area (Å²) >= 11 is 0. The number of aliphatic hydroxyl groups excluding tert-OH is 1. The lowest BCUT2D eigenvalue weighted by Crippen LogP contribution is -2.47. The summed E-state index contributed by atoms with van der Waals surface area (Å²) in [6.07, 6.45) is 4.24. The number of nitrogens with one attached hydrogen (secondary N) is 1. The SMILES string of the molecule is CC(NC1CCCCC1CO)C(=O)O. The fourth-order valence-electron chi connectivity index (χ4n) is 2.04. The molecule has 1 rings (SSSR count). The van der Waals surface area contributed by atoms with Gasteiger partial charge in [0.25, 0.3) is 0 Å². The van der Waals surface area contributed by atoms with Crippen molar-refractivity contribution in [3.05, 3.63) is 0 Å². The fourth-order valence-corrected chi connectivity index (χ4v) is 2.04. The Balaban J connectivity index is 2.44. The molecule has 1 fully saturated rings. The van der Waals surface area contributed by atoms with E-state index >= 15 is 0 Å². The molecule has 4 nitrogen and oxygen atoms in total.